The van der Waals surface area contributed by atoms with Crippen LogP contribution in [0, 0.1) is 0 Å². The van der Waals surface area contributed by atoms with Crippen molar-refractivity contribution in [2.45, 2.75) is 63.5 Å². The molecule has 1 aromatic carbocycles. The van der Waals surface area contributed by atoms with E-state index in [0.717, 1.165) is 31.7 Å². The second-order valence-corrected chi connectivity index (χ2v) is 7.12. The second kappa shape index (κ2) is 8.52. The summed E-state index contributed by atoms with van der Waals surface area (Å²) in [6, 6.07) is 9.23. The Bertz CT molecular complexity index is 523. The first-order chi connectivity index (χ1) is 11.8. The van der Waals surface area contributed by atoms with Gasteiger partial charge in [-0.25, -0.2) is 0 Å². The van der Waals surface area contributed by atoms with E-state index in [2.05, 4.69) is 22.3 Å². The summed E-state index contributed by atoms with van der Waals surface area (Å²) in [6.07, 6.45) is 9.16. The highest BCUT2D eigenvalue weighted by Crippen LogP contribution is 2.32. The molecule has 1 amide bonds. The van der Waals surface area contributed by atoms with E-state index >= 15 is 0 Å². The summed E-state index contributed by atoms with van der Waals surface area (Å²) in [5, 5.41) is 3.23. The van der Waals surface area contributed by atoms with Crippen molar-refractivity contribution >= 4 is 5.91 Å². The van der Waals surface area contributed by atoms with Gasteiger partial charge in [0.25, 0.3) is 0 Å². The number of hydrogen-bond acceptors (Lipinski definition) is 3. The SMILES string of the molecule is COc1ccc([C@@H]2CCCN2CCC(=O)NC2CCCCC2)cc1. The fourth-order valence-electron chi connectivity index (χ4n) is 4.09. The predicted molar refractivity (Wildman–Crippen MR) is 96.2 cm³/mol. The van der Waals surface area contributed by atoms with Crippen molar-refractivity contribution in [2.75, 3.05) is 20.2 Å². The van der Waals surface area contributed by atoms with Crippen LogP contribution in [0.15, 0.2) is 24.3 Å². The maximum absolute atomic E-state index is 12.2. The average Bonchev–Trinajstić information content (AvgIpc) is 3.09. The summed E-state index contributed by atoms with van der Waals surface area (Å²) >= 11 is 0. The molecule has 0 spiro atoms. The van der Waals surface area contributed by atoms with Gasteiger partial charge in [-0.15, -0.1) is 0 Å². The van der Waals surface area contributed by atoms with Crippen molar-refractivity contribution in [3.05, 3.63) is 29.8 Å². The first-order valence-corrected chi connectivity index (χ1v) is 9.43. The zero-order valence-corrected chi connectivity index (χ0v) is 14.8. The fourth-order valence-corrected chi connectivity index (χ4v) is 4.09. The summed E-state index contributed by atoms with van der Waals surface area (Å²) in [5.41, 5.74) is 1.33. The lowest BCUT2D eigenvalue weighted by molar-refractivity contribution is -0.122. The molecular formula is C20H30N2O2. The molecule has 1 N–H and O–H groups in total. The van der Waals surface area contributed by atoms with Crippen LogP contribution in [-0.2, 0) is 4.79 Å². The number of carbonyl (C=O) groups is 1. The third-order valence-electron chi connectivity index (χ3n) is 5.46. The van der Waals surface area contributed by atoms with Crippen molar-refractivity contribution in [1.82, 2.24) is 10.2 Å². The number of hydrogen-bond donors (Lipinski definition) is 1. The highest BCUT2D eigenvalue weighted by molar-refractivity contribution is 5.76. The first-order valence-electron chi connectivity index (χ1n) is 9.43. The largest absolute Gasteiger partial charge is 0.497 e. The Morgan fingerprint density at radius 3 is 2.58 bits per heavy atom. The summed E-state index contributed by atoms with van der Waals surface area (Å²) in [7, 11) is 1.70. The number of nitrogens with zero attached hydrogens (tertiary/aromatic N) is 1. The van der Waals surface area contributed by atoms with Gasteiger partial charge in [-0.05, 0) is 49.9 Å². The van der Waals surface area contributed by atoms with E-state index in [1.165, 1.54) is 37.7 Å². The summed E-state index contributed by atoms with van der Waals surface area (Å²) < 4.78 is 5.24. The van der Waals surface area contributed by atoms with E-state index < -0.39 is 0 Å². The Morgan fingerprint density at radius 2 is 1.88 bits per heavy atom. The maximum Gasteiger partial charge on any atom is 0.221 e. The molecule has 2 aliphatic rings. The Balaban J connectivity index is 1.49. The van der Waals surface area contributed by atoms with Crippen LogP contribution < -0.4 is 10.1 Å². The number of rotatable bonds is 6. The minimum atomic E-state index is 0.224. The van der Waals surface area contributed by atoms with E-state index in [0.29, 0.717) is 18.5 Å². The lowest BCUT2D eigenvalue weighted by atomic mass is 9.95. The zero-order valence-electron chi connectivity index (χ0n) is 14.8. The Kier molecular flexibility index (Phi) is 6.13. The standard InChI is InChI=1S/C20H30N2O2/c1-24-18-11-9-16(10-12-18)19-8-5-14-22(19)15-13-20(23)21-17-6-3-2-4-7-17/h9-12,17,19H,2-8,13-15H2,1H3,(H,21,23)/t19-/m0/s1. The fraction of sp³-hybridized carbons (Fsp3) is 0.650. The number of ether oxygens (including phenoxy) is 1. The Hall–Kier alpha value is -1.55. The van der Waals surface area contributed by atoms with Crippen LogP contribution in [0.1, 0.15) is 63.0 Å². The van der Waals surface area contributed by atoms with E-state index in [-0.39, 0.29) is 5.91 Å². The molecule has 1 saturated heterocycles. The van der Waals surface area contributed by atoms with E-state index in [1.54, 1.807) is 7.11 Å². The molecular weight excluding hydrogens is 300 g/mol. The second-order valence-electron chi connectivity index (χ2n) is 7.12. The zero-order chi connectivity index (χ0) is 16.8. The molecule has 0 radical (unpaired) electrons. The van der Waals surface area contributed by atoms with Crippen LogP contribution in [0.4, 0.5) is 0 Å². The average molecular weight is 330 g/mol. The third-order valence-corrected chi connectivity index (χ3v) is 5.46. The third kappa shape index (κ3) is 4.50. The number of amides is 1. The summed E-state index contributed by atoms with van der Waals surface area (Å²) in [5.74, 6) is 1.12. The van der Waals surface area contributed by atoms with Crippen LogP contribution in [0.5, 0.6) is 5.75 Å². The summed E-state index contributed by atoms with van der Waals surface area (Å²) in [6.45, 7) is 1.95. The van der Waals surface area contributed by atoms with Gasteiger partial charge >= 0.3 is 0 Å². The molecule has 0 unspecified atom stereocenters. The number of nitrogens with one attached hydrogen (secondary N) is 1. The molecule has 4 heteroatoms. The molecule has 1 atom stereocenters. The molecule has 1 aliphatic heterocycles. The van der Waals surface area contributed by atoms with Gasteiger partial charge in [0.15, 0.2) is 0 Å². The van der Waals surface area contributed by atoms with Gasteiger partial charge in [0.2, 0.25) is 5.91 Å². The quantitative estimate of drug-likeness (QED) is 0.865. The monoisotopic (exact) mass is 330 g/mol. The highest BCUT2D eigenvalue weighted by Gasteiger charge is 2.26. The van der Waals surface area contributed by atoms with Crippen LogP contribution >= 0.6 is 0 Å². The van der Waals surface area contributed by atoms with Crippen LogP contribution in [0.2, 0.25) is 0 Å². The van der Waals surface area contributed by atoms with Crippen molar-refractivity contribution in [3.8, 4) is 5.75 Å². The first kappa shape index (κ1) is 17.3. The van der Waals surface area contributed by atoms with Gasteiger partial charge in [-0.1, -0.05) is 31.4 Å². The van der Waals surface area contributed by atoms with Gasteiger partial charge in [-0.2, -0.15) is 0 Å². The normalized spacial score (nSPS) is 22.5. The highest BCUT2D eigenvalue weighted by atomic mass is 16.5. The molecule has 0 aromatic heterocycles. The van der Waals surface area contributed by atoms with Crippen molar-refractivity contribution < 1.29 is 9.53 Å². The molecule has 0 bridgehead atoms. The number of carbonyl (C=O) groups excluding carboxylic acids is 1. The van der Waals surface area contributed by atoms with E-state index in [1.807, 2.05) is 12.1 Å². The topological polar surface area (TPSA) is 41.6 Å². The predicted octanol–water partition coefficient (Wildman–Crippen LogP) is 3.67. The van der Waals surface area contributed by atoms with Gasteiger partial charge in [0, 0.05) is 25.0 Å². The maximum atomic E-state index is 12.2. The molecule has 24 heavy (non-hydrogen) atoms. The lowest BCUT2D eigenvalue weighted by Crippen LogP contribution is -2.38. The van der Waals surface area contributed by atoms with Crippen LogP contribution in [0.25, 0.3) is 0 Å². The van der Waals surface area contributed by atoms with Crippen molar-refractivity contribution in [1.29, 1.82) is 0 Å². The number of likely N-dealkylation sites (tertiary alicyclic amines) is 1. The lowest BCUT2D eigenvalue weighted by Gasteiger charge is -2.26. The van der Waals surface area contributed by atoms with E-state index in [4.69, 9.17) is 4.74 Å². The molecule has 1 aliphatic carbocycles. The smallest absolute Gasteiger partial charge is 0.221 e. The Morgan fingerprint density at radius 1 is 1.12 bits per heavy atom. The van der Waals surface area contributed by atoms with Crippen LogP contribution in [0.3, 0.4) is 0 Å². The number of methoxy groups -OCH3 is 1. The van der Waals surface area contributed by atoms with Crippen molar-refractivity contribution in [2.24, 2.45) is 0 Å². The van der Waals surface area contributed by atoms with Gasteiger partial charge in [-0.3, -0.25) is 9.69 Å². The number of benzene rings is 1. The molecule has 132 valence electrons. The molecule has 4 nitrogen and oxygen atoms in total. The molecule has 3 rings (SSSR count). The van der Waals surface area contributed by atoms with Crippen LogP contribution in [-0.4, -0.2) is 37.0 Å². The molecule has 1 saturated carbocycles. The minimum Gasteiger partial charge on any atom is -0.497 e. The molecule has 1 aromatic rings. The van der Waals surface area contributed by atoms with Gasteiger partial charge in [0.1, 0.15) is 5.75 Å². The van der Waals surface area contributed by atoms with Crippen molar-refractivity contribution in [3.63, 3.8) is 0 Å². The van der Waals surface area contributed by atoms with Gasteiger partial charge < -0.3 is 10.1 Å². The Labute approximate surface area is 145 Å². The minimum absolute atomic E-state index is 0.224. The molecule has 1 heterocycles. The summed E-state index contributed by atoms with van der Waals surface area (Å²) in [4.78, 5) is 14.7. The van der Waals surface area contributed by atoms with Gasteiger partial charge in [0.05, 0.1) is 7.11 Å². The molecule has 2 fully saturated rings. The van der Waals surface area contributed by atoms with E-state index in [9.17, 15) is 4.79 Å².